The van der Waals surface area contributed by atoms with E-state index in [0.29, 0.717) is 23.6 Å². The highest BCUT2D eigenvalue weighted by molar-refractivity contribution is 7.81. The van der Waals surface area contributed by atoms with Crippen LogP contribution < -0.4 is 4.74 Å². The predicted octanol–water partition coefficient (Wildman–Crippen LogP) is 4.22. The van der Waals surface area contributed by atoms with Gasteiger partial charge in [-0.15, -0.1) is 0 Å². The fourth-order valence-electron chi connectivity index (χ4n) is 3.57. The Balaban J connectivity index is 1.80. The van der Waals surface area contributed by atoms with Crippen molar-refractivity contribution in [2.45, 2.75) is 49.6 Å². The van der Waals surface area contributed by atoms with E-state index in [4.69, 9.17) is 16.3 Å². The second kappa shape index (κ2) is 13.1. The van der Waals surface area contributed by atoms with E-state index in [1.807, 2.05) is 6.08 Å². The topological polar surface area (TPSA) is 76.0 Å². The second-order valence-electron chi connectivity index (χ2n) is 7.50. The van der Waals surface area contributed by atoms with Crippen LogP contribution in [0.2, 0.25) is 5.02 Å². The molecule has 0 spiro atoms. The first kappa shape index (κ1) is 24.8. The molecule has 0 saturated heterocycles. The number of allylic oxidation sites excluding steroid dienone is 2. The molecule has 0 unspecified atom stereocenters. The molecule has 0 radical (unpaired) electrons. The standard InChI is InChI=1S/C23H31ClO5S/c1-28-23(27)7-5-3-2-4-6-20-19(21(26)14-22(20)30)13-10-17(25)15-29-18-11-8-16(24)9-12-18/h2,4,8-13,17,19-22,25-26,30H,3,5-7,14-15H2,1H3/t17-,19-,20-,21-,22+/m1/s1. The maximum Gasteiger partial charge on any atom is 0.305 e. The average Bonchev–Trinajstić information content (AvgIpc) is 3.00. The van der Waals surface area contributed by atoms with E-state index < -0.39 is 12.2 Å². The van der Waals surface area contributed by atoms with E-state index in [-0.39, 0.29) is 29.7 Å². The third-order valence-electron chi connectivity index (χ3n) is 5.26. The van der Waals surface area contributed by atoms with E-state index in [1.165, 1.54) is 7.11 Å². The lowest BCUT2D eigenvalue weighted by atomic mass is 9.90. The van der Waals surface area contributed by atoms with E-state index in [1.54, 1.807) is 30.3 Å². The molecule has 0 amide bonds. The van der Waals surface area contributed by atoms with Crippen molar-refractivity contribution in [1.82, 2.24) is 0 Å². The van der Waals surface area contributed by atoms with E-state index in [0.717, 1.165) is 19.3 Å². The predicted molar refractivity (Wildman–Crippen MR) is 122 cm³/mol. The van der Waals surface area contributed by atoms with Crippen LogP contribution in [0.3, 0.4) is 0 Å². The molecule has 0 aromatic heterocycles. The Kier molecular flexibility index (Phi) is 10.8. The van der Waals surface area contributed by atoms with Gasteiger partial charge in [-0.1, -0.05) is 35.9 Å². The number of carbonyl (C=O) groups is 1. The Labute approximate surface area is 189 Å². The summed E-state index contributed by atoms with van der Waals surface area (Å²) in [5.41, 5.74) is 0. The van der Waals surface area contributed by atoms with Crippen LogP contribution in [-0.2, 0) is 9.53 Å². The summed E-state index contributed by atoms with van der Waals surface area (Å²) >= 11 is 10.5. The van der Waals surface area contributed by atoms with Gasteiger partial charge in [0.1, 0.15) is 18.5 Å². The lowest BCUT2D eigenvalue weighted by Crippen LogP contribution is -2.20. The number of aliphatic hydroxyl groups excluding tert-OH is 2. The molecule has 0 heterocycles. The number of halogens is 1. The van der Waals surface area contributed by atoms with E-state index in [2.05, 4.69) is 29.5 Å². The van der Waals surface area contributed by atoms with E-state index >= 15 is 0 Å². The van der Waals surface area contributed by atoms with Gasteiger partial charge in [0.05, 0.1) is 13.2 Å². The minimum atomic E-state index is -0.777. The summed E-state index contributed by atoms with van der Waals surface area (Å²) in [5, 5.41) is 21.3. The third-order valence-corrected chi connectivity index (χ3v) is 6.11. The smallest absolute Gasteiger partial charge is 0.305 e. The van der Waals surface area contributed by atoms with Crippen LogP contribution >= 0.6 is 24.2 Å². The van der Waals surface area contributed by atoms with Crippen molar-refractivity contribution in [3.63, 3.8) is 0 Å². The number of aliphatic hydroxyl groups is 2. The Morgan fingerprint density at radius 2 is 2.07 bits per heavy atom. The van der Waals surface area contributed by atoms with Crippen LogP contribution in [0.5, 0.6) is 5.75 Å². The van der Waals surface area contributed by atoms with Gasteiger partial charge in [0.2, 0.25) is 0 Å². The molecule has 0 aliphatic heterocycles. The zero-order valence-corrected chi connectivity index (χ0v) is 18.8. The van der Waals surface area contributed by atoms with Crippen molar-refractivity contribution in [1.29, 1.82) is 0 Å². The summed E-state index contributed by atoms with van der Waals surface area (Å²) in [4.78, 5) is 11.1. The number of hydrogen-bond acceptors (Lipinski definition) is 6. The van der Waals surface area contributed by atoms with Crippen molar-refractivity contribution in [3.8, 4) is 5.75 Å². The SMILES string of the molecule is COC(=O)CCCC=CC[C@@H]1[C@@H](C=C[C@@H](O)COc2ccc(Cl)cc2)[C@H](O)C[C@@H]1S. The monoisotopic (exact) mass is 454 g/mol. The fraction of sp³-hybridized carbons (Fsp3) is 0.522. The Morgan fingerprint density at radius 3 is 2.77 bits per heavy atom. The van der Waals surface area contributed by atoms with Crippen LogP contribution in [0, 0.1) is 11.8 Å². The van der Waals surface area contributed by atoms with E-state index in [9.17, 15) is 15.0 Å². The van der Waals surface area contributed by atoms with Gasteiger partial charge in [-0.05, 0) is 55.9 Å². The first-order valence-electron chi connectivity index (χ1n) is 10.2. The largest absolute Gasteiger partial charge is 0.491 e. The molecule has 30 heavy (non-hydrogen) atoms. The summed E-state index contributed by atoms with van der Waals surface area (Å²) in [5.74, 6) is 0.554. The highest BCUT2D eigenvalue weighted by Gasteiger charge is 2.38. The summed E-state index contributed by atoms with van der Waals surface area (Å²) < 4.78 is 10.2. The van der Waals surface area contributed by atoms with Crippen molar-refractivity contribution in [2.75, 3.05) is 13.7 Å². The molecule has 7 heteroatoms. The third kappa shape index (κ3) is 8.34. The molecule has 1 fully saturated rings. The zero-order chi connectivity index (χ0) is 21.9. The molecule has 1 aromatic rings. The summed E-state index contributed by atoms with van der Waals surface area (Å²) in [6.07, 6.45) is 9.84. The van der Waals surface area contributed by atoms with Crippen molar-refractivity contribution >= 4 is 30.2 Å². The Hall–Kier alpha value is -1.47. The van der Waals surface area contributed by atoms with Crippen molar-refractivity contribution < 1.29 is 24.5 Å². The quantitative estimate of drug-likeness (QED) is 0.202. The van der Waals surface area contributed by atoms with Gasteiger partial charge in [-0.2, -0.15) is 12.6 Å². The molecule has 1 aliphatic carbocycles. The molecule has 0 bridgehead atoms. The van der Waals surface area contributed by atoms with Crippen molar-refractivity contribution in [2.24, 2.45) is 11.8 Å². The Bertz CT molecular complexity index is 706. The number of benzene rings is 1. The molecule has 1 aliphatic rings. The van der Waals surface area contributed by atoms with Gasteiger partial charge in [0.25, 0.3) is 0 Å². The highest BCUT2D eigenvalue weighted by Crippen LogP contribution is 2.39. The lowest BCUT2D eigenvalue weighted by Gasteiger charge is -2.20. The number of thiol groups is 1. The first-order valence-corrected chi connectivity index (χ1v) is 11.1. The van der Waals surface area contributed by atoms with Gasteiger partial charge >= 0.3 is 5.97 Å². The maximum atomic E-state index is 11.1. The average molecular weight is 455 g/mol. The number of esters is 1. The fourth-order valence-corrected chi connectivity index (χ4v) is 4.23. The summed E-state index contributed by atoms with van der Waals surface area (Å²) in [6, 6.07) is 6.96. The number of ether oxygens (including phenoxy) is 2. The van der Waals surface area contributed by atoms with Gasteiger partial charge in [0.15, 0.2) is 0 Å². The molecule has 1 aromatic carbocycles. The minimum Gasteiger partial charge on any atom is -0.491 e. The number of methoxy groups -OCH3 is 1. The number of unbranched alkanes of at least 4 members (excludes halogenated alkanes) is 1. The lowest BCUT2D eigenvalue weighted by molar-refractivity contribution is -0.140. The molecule has 2 N–H and O–H groups in total. The van der Waals surface area contributed by atoms with Gasteiger partial charge in [0, 0.05) is 22.6 Å². The molecule has 5 atom stereocenters. The second-order valence-corrected chi connectivity index (χ2v) is 8.60. The van der Waals surface area contributed by atoms with Gasteiger partial charge in [-0.3, -0.25) is 4.79 Å². The summed E-state index contributed by atoms with van der Waals surface area (Å²) in [7, 11) is 1.39. The molecular formula is C23H31ClO5S. The van der Waals surface area contributed by atoms with Gasteiger partial charge in [-0.25, -0.2) is 0 Å². The Morgan fingerprint density at radius 1 is 1.33 bits per heavy atom. The highest BCUT2D eigenvalue weighted by atomic mass is 35.5. The minimum absolute atomic E-state index is 0.0719. The molecule has 5 nitrogen and oxygen atoms in total. The maximum absolute atomic E-state index is 11.1. The van der Waals surface area contributed by atoms with Crippen LogP contribution in [0.1, 0.15) is 32.1 Å². The summed E-state index contributed by atoms with van der Waals surface area (Å²) in [6.45, 7) is 0.121. The number of carbonyl (C=O) groups excluding carboxylic acids is 1. The molecular weight excluding hydrogens is 424 g/mol. The van der Waals surface area contributed by atoms with Gasteiger partial charge < -0.3 is 19.7 Å². The zero-order valence-electron chi connectivity index (χ0n) is 17.2. The number of hydrogen-bond donors (Lipinski definition) is 3. The van der Waals surface area contributed by atoms with Crippen LogP contribution in [0.15, 0.2) is 48.6 Å². The molecule has 1 saturated carbocycles. The number of rotatable bonds is 11. The van der Waals surface area contributed by atoms with Crippen LogP contribution in [0.4, 0.5) is 0 Å². The normalized spacial score (nSPS) is 25.1. The van der Waals surface area contributed by atoms with Crippen LogP contribution in [0.25, 0.3) is 0 Å². The van der Waals surface area contributed by atoms with Crippen molar-refractivity contribution in [3.05, 3.63) is 53.6 Å². The molecule has 2 rings (SSSR count). The van der Waals surface area contributed by atoms with Crippen LogP contribution in [-0.4, -0.2) is 47.4 Å². The first-order chi connectivity index (χ1) is 14.4. The molecule has 166 valence electrons.